The third kappa shape index (κ3) is 2.49. The molecule has 110 valence electrons. The summed E-state index contributed by atoms with van der Waals surface area (Å²) in [5.41, 5.74) is 2.62. The first kappa shape index (κ1) is 13.4. The Kier molecular flexibility index (Phi) is 3.36. The van der Waals surface area contributed by atoms with Crippen molar-refractivity contribution in [2.24, 2.45) is 0 Å². The minimum Gasteiger partial charge on any atom is -0.493 e. The number of nitrogens with zero attached hydrogens (tertiary/aromatic N) is 2. The summed E-state index contributed by atoms with van der Waals surface area (Å²) in [7, 11) is 0. The standard InChI is InChI=1S/C15H11N3O2S2/c19-13(18-15-16-4-6-21-15)11-8-22-14(17-11)10-1-2-12-9(7-10)3-5-20-12/h1-2,4,6-8H,3,5H2,(H,16,18,19). The largest absolute Gasteiger partial charge is 0.493 e. The van der Waals surface area contributed by atoms with Gasteiger partial charge < -0.3 is 4.74 Å². The fourth-order valence-corrected chi connectivity index (χ4v) is 3.60. The van der Waals surface area contributed by atoms with E-state index in [-0.39, 0.29) is 5.91 Å². The van der Waals surface area contributed by atoms with Crippen LogP contribution in [0.5, 0.6) is 5.75 Å². The van der Waals surface area contributed by atoms with Crippen LogP contribution in [-0.4, -0.2) is 22.5 Å². The zero-order valence-electron chi connectivity index (χ0n) is 11.4. The van der Waals surface area contributed by atoms with E-state index in [9.17, 15) is 4.79 Å². The van der Waals surface area contributed by atoms with Gasteiger partial charge in [0.1, 0.15) is 16.5 Å². The fraction of sp³-hybridized carbons (Fsp3) is 0.133. The lowest BCUT2D eigenvalue weighted by molar-refractivity contribution is 0.102. The van der Waals surface area contributed by atoms with E-state index >= 15 is 0 Å². The summed E-state index contributed by atoms with van der Waals surface area (Å²) in [6.07, 6.45) is 2.57. The van der Waals surface area contributed by atoms with Crippen LogP contribution in [0.1, 0.15) is 16.1 Å². The third-order valence-electron chi connectivity index (χ3n) is 3.33. The number of hydrogen-bond acceptors (Lipinski definition) is 6. The highest BCUT2D eigenvalue weighted by Crippen LogP contribution is 2.32. The van der Waals surface area contributed by atoms with Gasteiger partial charge in [0.15, 0.2) is 5.13 Å². The van der Waals surface area contributed by atoms with E-state index in [1.807, 2.05) is 17.5 Å². The van der Waals surface area contributed by atoms with Crippen molar-refractivity contribution in [2.75, 3.05) is 11.9 Å². The number of rotatable bonds is 3. The first-order valence-corrected chi connectivity index (χ1v) is 8.48. The number of carbonyl (C=O) groups is 1. The molecule has 0 unspecified atom stereocenters. The van der Waals surface area contributed by atoms with Crippen molar-refractivity contribution < 1.29 is 9.53 Å². The predicted octanol–water partition coefficient (Wildman–Crippen LogP) is 3.45. The summed E-state index contributed by atoms with van der Waals surface area (Å²) in [5, 5.41) is 7.73. The van der Waals surface area contributed by atoms with Crippen LogP contribution in [0.2, 0.25) is 0 Å². The molecule has 0 spiro atoms. The van der Waals surface area contributed by atoms with Gasteiger partial charge in [-0.05, 0) is 23.8 Å². The fourth-order valence-electron chi connectivity index (χ4n) is 2.28. The molecule has 3 heterocycles. The van der Waals surface area contributed by atoms with Gasteiger partial charge in [0.2, 0.25) is 0 Å². The average Bonchev–Trinajstić information content (AvgIpc) is 3.27. The van der Waals surface area contributed by atoms with Gasteiger partial charge in [0.25, 0.3) is 5.91 Å². The molecule has 0 aliphatic carbocycles. The second-order valence-corrected chi connectivity index (χ2v) is 6.50. The SMILES string of the molecule is O=C(Nc1nccs1)c1csc(-c2ccc3c(c2)CCO3)n1. The summed E-state index contributed by atoms with van der Waals surface area (Å²) >= 11 is 2.84. The molecule has 5 nitrogen and oxygen atoms in total. The van der Waals surface area contributed by atoms with E-state index < -0.39 is 0 Å². The molecule has 1 aliphatic rings. The molecule has 0 bridgehead atoms. The number of aromatic nitrogens is 2. The number of carbonyl (C=O) groups excluding carboxylic acids is 1. The van der Waals surface area contributed by atoms with Crippen LogP contribution in [0.3, 0.4) is 0 Å². The summed E-state index contributed by atoms with van der Waals surface area (Å²) in [6.45, 7) is 0.734. The van der Waals surface area contributed by atoms with Gasteiger partial charge in [0.05, 0.1) is 6.61 Å². The molecule has 1 N–H and O–H groups in total. The number of fused-ring (bicyclic) bond motifs is 1. The van der Waals surface area contributed by atoms with Crippen LogP contribution in [0.15, 0.2) is 35.2 Å². The number of ether oxygens (including phenoxy) is 1. The number of anilines is 1. The zero-order chi connectivity index (χ0) is 14.9. The van der Waals surface area contributed by atoms with Gasteiger partial charge in [-0.1, -0.05) is 0 Å². The van der Waals surface area contributed by atoms with E-state index in [1.54, 1.807) is 11.6 Å². The number of hydrogen-bond donors (Lipinski definition) is 1. The van der Waals surface area contributed by atoms with E-state index in [2.05, 4.69) is 21.4 Å². The Hall–Kier alpha value is -2.25. The van der Waals surface area contributed by atoms with Crippen molar-refractivity contribution in [3.8, 4) is 16.3 Å². The van der Waals surface area contributed by atoms with Gasteiger partial charge >= 0.3 is 0 Å². The molecule has 1 aliphatic heterocycles. The topological polar surface area (TPSA) is 64.1 Å². The number of benzene rings is 1. The molecule has 22 heavy (non-hydrogen) atoms. The third-order valence-corrected chi connectivity index (χ3v) is 4.91. The van der Waals surface area contributed by atoms with Crippen LogP contribution in [0.4, 0.5) is 5.13 Å². The molecule has 0 saturated carbocycles. The summed E-state index contributed by atoms with van der Waals surface area (Å²) in [6, 6.07) is 6.03. The van der Waals surface area contributed by atoms with Crippen LogP contribution in [-0.2, 0) is 6.42 Å². The van der Waals surface area contributed by atoms with Crippen molar-refractivity contribution in [1.82, 2.24) is 9.97 Å². The first-order chi connectivity index (χ1) is 10.8. The Morgan fingerprint density at radius 2 is 2.27 bits per heavy atom. The van der Waals surface area contributed by atoms with Crippen molar-refractivity contribution in [3.63, 3.8) is 0 Å². The van der Waals surface area contributed by atoms with Crippen molar-refractivity contribution in [2.45, 2.75) is 6.42 Å². The second kappa shape index (κ2) is 5.51. The predicted molar refractivity (Wildman–Crippen MR) is 86.8 cm³/mol. The van der Waals surface area contributed by atoms with Crippen molar-refractivity contribution in [3.05, 3.63) is 46.4 Å². The molecule has 3 aromatic rings. The lowest BCUT2D eigenvalue weighted by atomic mass is 10.1. The van der Waals surface area contributed by atoms with E-state index in [1.165, 1.54) is 28.2 Å². The highest BCUT2D eigenvalue weighted by atomic mass is 32.1. The number of nitrogens with one attached hydrogen (secondary N) is 1. The van der Waals surface area contributed by atoms with Gasteiger partial charge in [-0.15, -0.1) is 22.7 Å². The maximum atomic E-state index is 12.1. The smallest absolute Gasteiger partial charge is 0.276 e. The number of amides is 1. The summed E-state index contributed by atoms with van der Waals surface area (Å²) in [4.78, 5) is 20.6. The van der Waals surface area contributed by atoms with Crippen LogP contribution >= 0.6 is 22.7 Å². The van der Waals surface area contributed by atoms with Crippen LogP contribution in [0.25, 0.3) is 10.6 Å². The highest BCUT2D eigenvalue weighted by Gasteiger charge is 2.16. The molecule has 4 rings (SSSR count). The van der Waals surface area contributed by atoms with E-state index in [0.717, 1.165) is 29.3 Å². The molecule has 0 saturated heterocycles. The molecule has 1 amide bonds. The Morgan fingerprint density at radius 3 is 3.14 bits per heavy atom. The van der Waals surface area contributed by atoms with Gasteiger partial charge in [0, 0.05) is 28.9 Å². The van der Waals surface area contributed by atoms with Crippen molar-refractivity contribution in [1.29, 1.82) is 0 Å². The molecule has 7 heteroatoms. The molecule has 1 aromatic carbocycles. The van der Waals surface area contributed by atoms with E-state index in [4.69, 9.17) is 4.74 Å². The lowest BCUT2D eigenvalue weighted by Crippen LogP contribution is -2.11. The molecule has 0 fully saturated rings. The maximum absolute atomic E-state index is 12.1. The quantitative estimate of drug-likeness (QED) is 0.799. The number of thiazole rings is 2. The van der Waals surface area contributed by atoms with Gasteiger partial charge in [-0.2, -0.15) is 0 Å². The molecular weight excluding hydrogens is 318 g/mol. The first-order valence-electron chi connectivity index (χ1n) is 6.72. The Bertz CT molecular complexity index is 827. The Labute approximate surface area is 134 Å². The lowest BCUT2D eigenvalue weighted by Gasteiger charge is -2.01. The summed E-state index contributed by atoms with van der Waals surface area (Å²) < 4.78 is 5.50. The van der Waals surface area contributed by atoms with Gasteiger partial charge in [-0.25, -0.2) is 9.97 Å². The monoisotopic (exact) mass is 329 g/mol. The summed E-state index contributed by atoms with van der Waals surface area (Å²) in [5.74, 6) is 0.712. The Morgan fingerprint density at radius 1 is 1.32 bits per heavy atom. The van der Waals surface area contributed by atoms with Gasteiger partial charge in [-0.3, -0.25) is 10.1 Å². The maximum Gasteiger partial charge on any atom is 0.276 e. The molecule has 0 atom stereocenters. The molecule has 0 radical (unpaired) electrons. The van der Waals surface area contributed by atoms with Crippen molar-refractivity contribution >= 4 is 33.7 Å². The Balaban J connectivity index is 1.57. The normalized spacial score (nSPS) is 12.7. The van der Waals surface area contributed by atoms with Crippen LogP contribution < -0.4 is 10.1 Å². The minimum absolute atomic E-state index is 0.234. The highest BCUT2D eigenvalue weighted by molar-refractivity contribution is 7.14. The molecule has 2 aromatic heterocycles. The minimum atomic E-state index is -0.234. The van der Waals surface area contributed by atoms with E-state index in [0.29, 0.717) is 10.8 Å². The average molecular weight is 329 g/mol. The zero-order valence-corrected chi connectivity index (χ0v) is 13.0. The second-order valence-electron chi connectivity index (χ2n) is 4.75. The van der Waals surface area contributed by atoms with Crippen LogP contribution in [0, 0.1) is 0 Å². The molecular formula is C15H11N3O2S2.